The molecule has 0 bridgehead atoms. The van der Waals surface area contributed by atoms with Gasteiger partial charge in [0.1, 0.15) is 0 Å². The first-order chi connectivity index (χ1) is 6.19. The summed E-state index contributed by atoms with van der Waals surface area (Å²) in [5.74, 6) is 2.68. The van der Waals surface area contributed by atoms with Gasteiger partial charge in [-0.1, -0.05) is 34.0 Å². The minimum atomic E-state index is -0.00287. The maximum absolute atomic E-state index is 5.38. The van der Waals surface area contributed by atoms with Gasteiger partial charge in [0.25, 0.3) is 0 Å². The summed E-state index contributed by atoms with van der Waals surface area (Å²) in [5, 5.41) is 3.06. The number of hydrogen-bond acceptors (Lipinski definition) is 1. The zero-order valence-electron chi connectivity index (χ0n) is 7.76. The fourth-order valence-electron chi connectivity index (χ4n) is 1.13. The summed E-state index contributed by atoms with van der Waals surface area (Å²) in [6.45, 7) is 2.05. The average molecular weight is 238 g/mol. The molecular weight excluding hydrogens is 226 g/mol. The molecule has 0 aliphatic heterocycles. The largest absolute Gasteiger partial charge is 0.303 e. The van der Waals surface area contributed by atoms with Crippen molar-refractivity contribution in [3.05, 3.63) is 33.8 Å². The molecule has 0 saturated carbocycles. The SMILES string of the molecule is C#CC(NC)c1ccc(C)c(Br)c1. The Morgan fingerprint density at radius 2 is 2.23 bits per heavy atom. The van der Waals surface area contributed by atoms with Gasteiger partial charge in [0.15, 0.2) is 0 Å². The number of terminal acetylenes is 1. The van der Waals surface area contributed by atoms with Crippen molar-refractivity contribution in [2.75, 3.05) is 7.05 Å². The molecule has 0 saturated heterocycles. The van der Waals surface area contributed by atoms with Gasteiger partial charge in [0, 0.05) is 4.47 Å². The van der Waals surface area contributed by atoms with E-state index in [2.05, 4.69) is 46.2 Å². The van der Waals surface area contributed by atoms with E-state index in [1.54, 1.807) is 0 Å². The molecule has 1 atom stereocenters. The van der Waals surface area contributed by atoms with E-state index in [0.717, 1.165) is 10.0 Å². The predicted molar refractivity (Wildman–Crippen MR) is 59.5 cm³/mol. The summed E-state index contributed by atoms with van der Waals surface area (Å²) in [4.78, 5) is 0. The van der Waals surface area contributed by atoms with Crippen LogP contribution in [0.1, 0.15) is 17.2 Å². The Labute approximate surface area is 87.7 Å². The molecule has 0 aliphatic rings. The van der Waals surface area contributed by atoms with E-state index in [0.29, 0.717) is 0 Å². The molecule has 0 radical (unpaired) electrons. The summed E-state index contributed by atoms with van der Waals surface area (Å²) in [5.41, 5.74) is 2.33. The lowest BCUT2D eigenvalue weighted by molar-refractivity contribution is 0.736. The molecule has 2 heteroatoms. The van der Waals surface area contributed by atoms with Gasteiger partial charge in [0.2, 0.25) is 0 Å². The predicted octanol–water partition coefficient (Wildman–Crippen LogP) is 2.65. The third kappa shape index (κ3) is 2.33. The van der Waals surface area contributed by atoms with Gasteiger partial charge in [-0.3, -0.25) is 0 Å². The molecule has 1 unspecified atom stereocenters. The first kappa shape index (κ1) is 10.3. The molecule has 1 aromatic rings. The number of aryl methyl sites for hydroxylation is 1. The van der Waals surface area contributed by atoms with E-state index in [1.807, 2.05) is 13.1 Å². The Hall–Kier alpha value is -0.780. The molecule has 0 spiro atoms. The summed E-state index contributed by atoms with van der Waals surface area (Å²) >= 11 is 3.48. The van der Waals surface area contributed by atoms with Crippen LogP contribution in [-0.4, -0.2) is 7.05 Å². The summed E-state index contributed by atoms with van der Waals surface area (Å²) in [6, 6.07) is 6.15. The molecular formula is C11H12BrN. The quantitative estimate of drug-likeness (QED) is 0.781. The van der Waals surface area contributed by atoms with Crippen LogP contribution in [0.4, 0.5) is 0 Å². The van der Waals surface area contributed by atoms with E-state index in [1.165, 1.54) is 5.56 Å². The van der Waals surface area contributed by atoms with Crippen LogP contribution in [0.15, 0.2) is 22.7 Å². The Balaban J connectivity index is 3.04. The van der Waals surface area contributed by atoms with Crippen molar-refractivity contribution in [2.24, 2.45) is 0 Å². The van der Waals surface area contributed by atoms with Crippen molar-refractivity contribution < 1.29 is 0 Å². The number of halogens is 1. The van der Waals surface area contributed by atoms with Crippen molar-refractivity contribution in [3.8, 4) is 12.3 Å². The molecule has 1 aromatic carbocycles. The number of nitrogens with one attached hydrogen (secondary N) is 1. The molecule has 68 valence electrons. The second kappa shape index (κ2) is 4.45. The van der Waals surface area contributed by atoms with E-state index < -0.39 is 0 Å². The standard InChI is InChI=1S/C11H12BrN/c1-4-11(13-3)9-6-5-8(2)10(12)7-9/h1,5-7,11,13H,2-3H3. The normalized spacial score (nSPS) is 12.2. The van der Waals surface area contributed by atoms with Crippen LogP contribution in [0.5, 0.6) is 0 Å². The summed E-state index contributed by atoms with van der Waals surface area (Å²) in [7, 11) is 1.86. The van der Waals surface area contributed by atoms with Gasteiger partial charge >= 0.3 is 0 Å². The fourth-order valence-corrected chi connectivity index (χ4v) is 1.53. The van der Waals surface area contributed by atoms with E-state index in [9.17, 15) is 0 Å². The lowest BCUT2D eigenvalue weighted by Crippen LogP contribution is -2.13. The topological polar surface area (TPSA) is 12.0 Å². The number of benzene rings is 1. The zero-order valence-corrected chi connectivity index (χ0v) is 9.35. The van der Waals surface area contributed by atoms with Gasteiger partial charge in [-0.25, -0.2) is 0 Å². The van der Waals surface area contributed by atoms with Crippen molar-refractivity contribution in [3.63, 3.8) is 0 Å². The lowest BCUT2D eigenvalue weighted by atomic mass is 10.1. The average Bonchev–Trinajstić information content (AvgIpc) is 2.13. The van der Waals surface area contributed by atoms with Crippen LogP contribution in [0.3, 0.4) is 0 Å². The molecule has 13 heavy (non-hydrogen) atoms. The highest BCUT2D eigenvalue weighted by Crippen LogP contribution is 2.21. The van der Waals surface area contributed by atoms with Crippen molar-refractivity contribution in [2.45, 2.75) is 13.0 Å². The first-order valence-corrected chi connectivity index (χ1v) is 4.87. The molecule has 0 aromatic heterocycles. The Bertz CT molecular complexity index is 338. The molecule has 0 heterocycles. The Morgan fingerprint density at radius 1 is 1.54 bits per heavy atom. The van der Waals surface area contributed by atoms with Crippen LogP contribution in [0, 0.1) is 19.3 Å². The van der Waals surface area contributed by atoms with Gasteiger partial charge in [-0.15, -0.1) is 6.42 Å². The van der Waals surface area contributed by atoms with Gasteiger partial charge in [-0.2, -0.15) is 0 Å². The maximum atomic E-state index is 5.38. The minimum absolute atomic E-state index is 0.00287. The van der Waals surface area contributed by atoms with Crippen LogP contribution < -0.4 is 5.32 Å². The second-order valence-corrected chi connectivity index (χ2v) is 3.75. The molecule has 0 fully saturated rings. The smallest absolute Gasteiger partial charge is 0.0941 e. The monoisotopic (exact) mass is 237 g/mol. The second-order valence-electron chi connectivity index (χ2n) is 2.90. The first-order valence-electron chi connectivity index (χ1n) is 4.08. The highest BCUT2D eigenvalue weighted by Gasteiger charge is 2.05. The summed E-state index contributed by atoms with van der Waals surface area (Å²) in [6.07, 6.45) is 5.38. The third-order valence-electron chi connectivity index (χ3n) is 1.98. The molecule has 1 nitrogen and oxygen atoms in total. The maximum Gasteiger partial charge on any atom is 0.0941 e. The third-order valence-corrected chi connectivity index (χ3v) is 2.84. The molecule has 0 amide bonds. The minimum Gasteiger partial charge on any atom is -0.303 e. The Kier molecular flexibility index (Phi) is 3.53. The molecule has 1 rings (SSSR count). The fraction of sp³-hybridized carbons (Fsp3) is 0.273. The van der Waals surface area contributed by atoms with Gasteiger partial charge in [-0.05, 0) is 31.2 Å². The van der Waals surface area contributed by atoms with Crippen molar-refractivity contribution in [1.82, 2.24) is 5.32 Å². The van der Waals surface area contributed by atoms with E-state index in [4.69, 9.17) is 6.42 Å². The number of hydrogen-bond donors (Lipinski definition) is 1. The number of rotatable bonds is 2. The highest BCUT2D eigenvalue weighted by molar-refractivity contribution is 9.10. The van der Waals surface area contributed by atoms with E-state index >= 15 is 0 Å². The van der Waals surface area contributed by atoms with E-state index in [-0.39, 0.29) is 6.04 Å². The summed E-state index contributed by atoms with van der Waals surface area (Å²) < 4.78 is 1.10. The Morgan fingerprint density at radius 3 is 2.69 bits per heavy atom. The van der Waals surface area contributed by atoms with Gasteiger partial charge < -0.3 is 5.32 Å². The zero-order chi connectivity index (χ0) is 9.84. The van der Waals surface area contributed by atoms with Crippen LogP contribution in [-0.2, 0) is 0 Å². The molecule has 1 N–H and O–H groups in total. The lowest BCUT2D eigenvalue weighted by Gasteiger charge is -2.10. The van der Waals surface area contributed by atoms with Crippen LogP contribution in [0.2, 0.25) is 0 Å². The highest BCUT2D eigenvalue weighted by atomic mass is 79.9. The van der Waals surface area contributed by atoms with Crippen LogP contribution >= 0.6 is 15.9 Å². The van der Waals surface area contributed by atoms with Crippen molar-refractivity contribution in [1.29, 1.82) is 0 Å². The van der Waals surface area contributed by atoms with Gasteiger partial charge in [0.05, 0.1) is 6.04 Å². The van der Waals surface area contributed by atoms with Crippen molar-refractivity contribution >= 4 is 15.9 Å². The van der Waals surface area contributed by atoms with Crippen LogP contribution in [0.25, 0.3) is 0 Å². The molecule has 0 aliphatic carbocycles.